The fourth-order valence-electron chi connectivity index (χ4n) is 3.08. The summed E-state index contributed by atoms with van der Waals surface area (Å²) in [5.41, 5.74) is 0.598. The maximum absolute atomic E-state index is 13.5. The van der Waals surface area contributed by atoms with Crippen LogP contribution in [-0.4, -0.2) is 42.2 Å². The third-order valence-corrected chi connectivity index (χ3v) is 6.43. The lowest BCUT2D eigenvalue weighted by atomic mass is 10.2. The summed E-state index contributed by atoms with van der Waals surface area (Å²) in [7, 11) is 0.268. The second-order valence-electron chi connectivity index (χ2n) is 6.61. The Hall–Kier alpha value is -3.72. The van der Waals surface area contributed by atoms with E-state index in [1.165, 1.54) is 39.5 Å². The molecule has 0 fully saturated rings. The van der Waals surface area contributed by atoms with Gasteiger partial charge in [0.2, 0.25) is 5.91 Å². The monoisotopic (exact) mass is 456 g/mol. The maximum Gasteiger partial charge on any atom is 0.264 e. The van der Waals surface area contributed by atoms with Crippen LogP contribution in [-0.2, 0) is 14.8 Å². The Balaban J connectivity index is 2.05. The molecule has 1 amide bonds. The summed E-state index contributed by atoms with van der Waals surface area (Å²) in [5, 5.41) is 2.71. The van der Waals surface area contributed by atoms with E-state index in [0.29, 0.717) is 17.2 Å². The summed E-state index contributed by atoms with van der Waals surface area (Å²) >= 11 is 0. The Kier molecular flexibility index (Phi) is 7.21. The number of ether oxygens (including phenoxy) is 3. The number of nitrogens with zero attached hydrogens (tertiary/aromatic N) is 1. The number of benzene rings is 3. The lowest BCUT2D eigenvalue weighted by molar-refractivity contribution is -0.114. The Morgan fingerprint density at radius 1 is 0.844 bits per heavy atom. The molecule has 0 radical (unpaired) electrons. The smallest absolute Gasteiger partial charge is 0.264 e. The van der Waals surface area contributed by atoms with Crippen LogP contribution in [0.4, 0.5) is 11.4 Å². The Morgan fingerprint density at radius 3 is 2.16 bits per heavy atom. The van der Waals surface area contributed by atoms with Crippen molar-refractivity contribution in [3.05, 3.63) is 72.8 Å². The zero-order valence-electron chi connectivity index (χ0n) is 17.9. The van der Waals surface area contributed by atoms with E-state index >= 15 is 0 Å². The van der Waals surface area contributed by atoms with E-state index in [1.54, 1.807) is 54.6 Å². The van der Waals surface area contributed by atoms with Crippen LogP contribution in [0.5, 0.6) is 17.2 Å². The summed E-state index contributed by atoms with van der Waals surface area (Å²) in [5.74, 6) is 0.589. The fourth-order valence-corrected chi connectivity index (χ4v) is 4.52. The first kappa shape index (κ1) is 23.0. The van der Waals surface area contributed by atoms with E-state index in [-0.39, 0.29) is 16.3 Å². The van der Waals surface area contributed by atoms with Crippen LogP contribution in [0.3, 0.4) is 0 Å². The number of carbonyl (C=O) groups is 1. The van der Waals surface area contributed by atoms with Crippen molar-refractivity contribution in [2.24, 2.45) is 0 Å². The van der Waals surface area contributed by atoms with Crippen molar-refractivity contribution in [1.29, 1.82) is 0 Å². The van der Waals surface area contributed by atoms with Gasteiger partial charge >= 0.3 is 0 Å². The molecule has 0 aliphatic rings. The minimum Gasteiger partial charge on any atom is -0.497 e. The Morgan fingerprint density at radius 2 is 1.50 bits per heavy atom. The van der Waals surface area contributed by atoms with E-state index in [2.05, 4.69) is 5.32 Å². The number of rotatable bonds is 9. The van der Waals surface area contributed by atoms with Crippen LogP contribution in [0.2, 0.25) is 0 Å². The standard InChI is InChI=1S/C23H24N2O6S/c1-29-17-13-14-22(31-3)20(15-17)25(32(27,28)18-9-5-4-6-10-18)16-23(26)24-19-11-7-8-12-21(19)30-2/h4-15H,16H2,1-3H3,(H,24,26). The molecule has 0 aliphatic heterocycles. The van der Waals surface area contributed by atoms with E-state index in [1.807, 2.05) is 0 Å². The molecule has 0 aromatic heterocycles. The highest BCUT2D eigenvalue weighted by molar-refractivity contribution is 7.92. The highest BCUT2D eigenvalue weighted by Gasteiger charge is 2.30. The zero-order valence-corrected chi connectivity index (χ0v) is 18.8. The molecule has 3 rings (SSSR count). The van der Waals surface area contributed by atoms with Gasteiger partial charge < -0.3 is 19.5 Å². The molecule has 0 heterocycles. The van der Waals surface area contributed by atoms with Crippen LogP contribution in [0.25, 0.3) is 0 Å². The van der Waals surface area contributed by atoms with Crippen molar-refractivity contribution in [3.63, 3.8) is 0 Å². The van der Waals surface area contributed by atoms with Crippen molar-refractivity contribution in [2.45, 2.75) is 4.90 Å². The average Bonchev–Trinajstić information content (AvgIpc) is 2.83. The number of hydrogen-bond donors (Lipinski definition) is 1. The van der Waals surface area contributed by atoms with Crippen LogP contribution in [0.15, 0.2) is 77.7 Å². The molecule has 0 unspecified atom stereocenters. The summed E-state index contributed by atoms with van der Waals surface area (Å²) in [6.45, 7) is -0.501. The summed E-state index contributed by atoms with van der Waals surface area (Å²) in [6.07, 6.45) is 0. The average molecular weight is 457 g/mol. The highest BCUT2D eigenvalue weighted by Crippen LogP contribution is 2.35. The van der Waals surface area contributed by atoms with Crippen molar-refractivity contribution < 1.29 is 27.4 Å². The van der Waals surface area contributed by atoms with Crippen LogP contribution >= 0.6 is 0 Å². The molecular formula is C23H24N2O6S. The molecular weight excluding hydrogens is 432 g/mol. The van der Waals surface area contributed by atoms with Gasteiger partial charge in [0.15, 0.2) is 0 Å². The van der Waals surface area contributed by atoms with E-state index in [0.717, 1.165) is 4.31 Å². The summed E-state index contributed by atoms with van der Waals surface area (Å²) in [4.78, 5) is 13.0. The minimum absolute atomic E-state index is 0.0370. The molecule has 8 nitrogen and oxygen atoms in total. The van der Waals surface area contributed by atoms with Gasteiger partial charge in [-0.1, -0.05) is 30.3 Å². The van der Waals surface area contributed by atoms with E-state index in [4.69, 9.17) is 14.2 Å². The number of carbonyl (C=O) groups excluding carboxylic acids is 1. The fraction of sp³-hybridized carbons (Fsp3) is 0.174. The number of para-hydroxylation sites is 2. The first-order valence-electron chi connectivity index (χ1n) is 9.63. The van der Waals surface area contributed by atoms with Crippen molar-refractivity contribution >= 4 is 27.3 Å². The van der Waals surface area contributed by atoms with Crippen LogP contribution in [0, 0.1) is 0 Å². The molecule has 3 aromatic rings. The van der Waals surface area contributed by atoms with Gasteiger partial charge in [-0.3, -0.25) is 9.10 Å². The number of amides is 1. The first-order chi connectivity index (χ1) is 15.4. The third kappa shape index (κ3) is 4.94. The minimum atomic E-state index is -4.11. The van der Waals surface area contributed by atoms with Crippen molar-refractivity contribution in [1.82, 2.24) is 0 Å². The molecule has 9 heteroatoms. The molecule has 32 heavy (non-hydrogen) atoms. The molecule has 0 aliphatic carbocycles. The Bertz CT molecular complexity index is 1180. The van der Waals surface area contributed by atoms with Crippen molar-refractivity contribution in [3.8, 4) is 17.2 Å². The molecule has 0 saturated heterocycles. The molecule has 1 N–H and O–H groups in total. The van der Waals surface area contributed by atoms with E-state index < -0.39 is 22.5 Å². The number of hydrogen-bond acceptors (Lipinski definition) is 6. The van der Waals surface area contributed by atoms with Gasteiger partial charge in [0.25, 0.3) is 10.0 Å². The topological polar surface area (TPSA) is 94.2 Å². The number of methoxy groups -OCH3 is 3. The number of nitrogens with one attached hydrogen (secondary N) is 1. The lowest BCUT2D eigenvalue weighted by Gasteiger charge is -2.26. The Labute approximate surface area is 187 Å². The SMILES string of the molecule is COc1ccc(OC)c(N(CC(=O)Nc2ccccc2OC)S(=O)(=O)c2ccccc2)c1. The van der Waals surface area contributed by atoms with Crippen LogP contribution < -0.4 is 23.8 Å². The summed E-state index contributed by atoms with van der Waals surface area (Å²) < 4.78 is 44.0. The zero-order chi connectivity index (χ0) is 23.1. The molecule has 0 bridgehead atoms. The predicted molar refractivity (Wildman–Crippen MR) is 122 cm³/mol. The largest absolute Gasteiger partial charge is 0.497 e. The van der Waals surface area contributed by atoms with Gasteiger partial charge in [-0.25, -0.2) is 8.42 Å². The van der Waals surface area contributed by atoms with Gasteiger partial charge in [-0.2, -0.15) is 0 Å². The van der Waals surface area contributed by atoms with Gasteiger partial charge in [0.1, 0.15) is 23.8 Å². The molecule has 0 spiro atoms. The molecule has 0 atom stereocenters. The van der Waals surface area contributed by atoms with E-state index in [9.17, 15) is 13.2 Å². The lowest BCUT2D eigenvalue weighted by Crippen LogP contribution is -2.38. The highest BCUT2D eigenvalue weighted by atomic mass is 32.2. The molecule has 168 valence electrons. The third-order valence-electron chi connectivity index (χ3n) is 4.65. The maximum atomic E-state index is 13.5. The second-order valence-corrected chi connectivity index (χ2v) is 8.47. The van der Waals surface area contributed by atoms with Gasteiger partial charge in [-0.05, 0) is 36.4 Å². The van der Waals surface area contributed by atoms with Gasteiger partial charge in [0, 0.05) is 6.07 Å². The first-order valence-corrected chi connectivity index (χ1v) is 11.1. The molecule has 3 aromatic carbocycles. The summed E-state index contributed by atoms with van der Waals surface area (Å²) in [6, 6.07) is 19.5. The number of sulfonamides is 1. The van der Waals surface area contributed by atoms with Crippen LogP contribution in [0.1, 0.15) is 0 Å². The van der Waals surface area contributed by atoms with Gasteiger partial charge in [-0.15, -0.1) is 0 Å². The normalized spacial score (nSPS) is 10.8. The second kappa shape index (κ2) is 10.1. The quantitative estimate of drug-likeness (QED) is 0.529. The predicted octanol–water partition coefficient (Wildman–Crippen LogP) is 3.55. The van der Waals surface area contributed by atoms with Crippen molar-refractivity contribution in [2.75, 3.05) is 37.5 Å². The molecule has 0 saturated carbocycles. The van der Waals surface area contributed by atoms with Gasteiger partial charge in [0.05, 0.1) is 37.6 Å². The number of anilines is 2.